The molecule has 0 unspecified atom stereocenters. The van der Waals surface area contributed by atoms with Crippen LogP contribution in [-0.2, 0) is 0 Å². The van der Waals surface area contributed by atoms with Gasteiger partial charge in [-0.05, 0) is 62.0 Å². The van der Waals surface area contributed by atoms with Gasteiger partial charge in [0, 0.05) is 17.5 Å². The van der Waals surface area contributed by atoms with Gasteiger partial charge in [-0.25, -0.2) is 0 Å². The minimum Gasteiger partial charge on any atom is -0.261 e. The standard InChI is InChI=1S/C30H21N/c1-20-22(18-9-19-31-20)29-27-15-6-4-13-24(27)25-14-5-7-16-28(25)30(29)26-17-8-11-21-10-2-3-12-23(21)26/h2-19H,1H3. The third kappa shape index (κ3) is 2.74. The number of aromatic nitrogens is 1. The highest BCUT2D eigenvalue weighted by Gasteiger charge is 2.19. The van der Waals surface area contributed by atoms with E-state index in [2.05, 4.69) is 109 Å². The lowest BCUT2D eigenvalue weighted by Crippen LogP contribution is -1.95. The fraction of sp³-hybridized carbons (Fsp3) is 0.0333. The van der Waals surface area contributed by atoms with Gasteiger partial charge in [0.05, 0.1) is 0 Å². The van der Waals surface area contributed by atoms with Gasteiger partial charge in [-0.2, -0.15) is 0 Å². The maximum absolute atomic E-state index is 4.64. The average Bonchev–Trinajstić information content (AvgIpc) is 2.83. The second-order valence-electron chi connectivity index (χ2n) is 8.00. The molecular formula is C30H21N. The number of benzene rings is 5. The highest BCUT2D eigenvalue weighted by atomic mass is 14.7. The van der Waals surface area contributed by atoms with Crippen molar-refractivity contribution in [1.82, 2.24) is 4.98 Å². The Morgan fingerprint density at radius 3 is 1.65 bits per heavy atom. The summed E-state index contributed by atoms with van der Waals surface area (Å²) in [6, 6.07) is 37.1. The molecule has 6 aromatic rings. The van der Waals surface area contributed by atoms with Crippen LogP contribution in [0, 0.1) is 6.92 Å². The molecule has 6 rings (SSSR count). The SMILES string of the molecule is Cc1ncccc1-c1c(-c2cccc3ccccc23)c2ccccc2c2ccccc12. The van der Waals surface area contributed by atoms with E-state index in [0.29, 0.717) is 0 Å². The first kappa shape index (κ1) is 17.9. The van der Waals surface area contributed by atoms with E-state index >= 15 is 0 Å². The summed E-state index contributed by atoms with van der Waals surface area (Å²) < 4.78 is 0. The Morgan fingerprint density at radius 2 is 0.968 bits per heavy atom. The van der Waals surface area contributed by atoms with E-state index in [1.807, 2.05) is 12.3 Å². The lowest BCUT2D eigenvalue weighted by Gasteiger charge is -2.20. The molecule has 1 nitrogen and oxygen atoms in total. The molecule has 146 valence electrons. The van der Waals surface area contributed by atoms with Gasteiger partial charge >= 0.3 is 0 Å². The van der Waals surface area contributed by atoms with E-state index in [0.717, 1.165) is 5.69 Å². The van der Waals surface area contributed by atoms with Crippen molar-refractivity contribution in [2.24, 2.45) is 0 Å². The second-order valence-corrected chi connectivity index (χ2v) is 8.00. The first-order valence-electron chi connectivity index (χ1n) is 10.7. The molecule has 1 heteroatoms. The van der Waals surface area contributed by atoms with Crippen molar-refractivity contribution < 1.29 is 0 Å². The van der Waals surface area contributed by atoms with Crippen LogP contribution in [-0.4, -0.2) is 4.98 Å². The van der Waals surface area contributed by atoms with Gasteiger partial charge in [-0.3, -0.25) is 4.98 Å². The predicted octanol–water partition coefficient (Wildman–Crippen LogP) is 8.18. The topological polar surface area (TPSA) is 12.9 Å². The Morgan fingerprint density at radius 1 is 0.452 bits per heavy atom. The summed E-state index contributed by atoms with van der Waals surface area (Å²) in [4.78, 5) is 4.64. The van der Waals surface area contributed by atoms with Crippen molar-refractivity contribution in [3.63, 3.8) is 0 Å². The van der Waals surface area contributed by atoms with Gasteiger partial charge < -0.3 is 0 Å². The number of hydrogen-bond acceptors (Lipinski definition) is 1. The van der Waals surface area contributed by atoms with Crippen LogP contribution in [0.15, 0.2) is 109 Å². The maximum atomic E-state index is 4.64. The third-order valence-corrected chi connectivity index (χ3v) is 6.27. The summed E-state index contributed by atoms with van der Waals surface area (Å²) in [5, 5.41) is 7.63. The summed E-state index contributed by atoms with van der Waals surface area (Å²) in [5.74, 6) is 0. The molecule has 0 spiro atoms. The van der Waals surface area contributed by atoms with E-state index < -0.39 is 0 Å². The second kappa shape index (κ2) is 7.07. The molecule has 0 atom stereocenters. The molecule has 0 amide bonds. The molecule has 0 aliphatic heterocycles. The first-order chi connectivity index (χ1) is 15.3. The van der Waals surface area contributed by atoms with Crippen molar-refractivity contribution >= 4 is 32.3 Å². The molecular weight excluding hydrogens is 374 g/mol. The quantitative estimate of drug-likeness (QED) is 0.269. The van der Waals surface area contributed by atoms with E-state index in [4.69, 9.17) is 0 Å². The molecule has 0 aliphatic carbocycles. The molecule has 0 radical (unpaired) electrons. The van der Waals surface area contributed by atoms with Crippen LogP contribution in [0.2, 0.25) is 0 Å². The van der Waals surface area contributed by atoms with Crippen LogP contribution in [0.25, 0.3) is 54.6 Å². The zero-order chi connectivity index (χ0) is 20.8. The fourth-order valence-corrected chi connectivity index (χ4v) is 4.89. The number of rotatable bonds is 2. The number of hydrogen-bond donors (Lipinski definition) is 0. The minimum atomic E-state index is 1.05. The van der Waals surface area contributed by atoms with Crippen LogP contribution in [0.1, 0.15) is 5.69 Å². The Kier molecular flexibility index (Phi) is 4.07. The van der Waals surface area contributed by atoms with Gasteiger partial charge in [-0.15, -0.1) is 0 Å². The van der Waals surface area contributed by atoms with E-state index in [1.54, 1.807) is 0 Å². The average molecular weight is 396 g/mol. The summed E-state index contributed by atoms with van der Waals surface area (Å²) >= 11 is 0. The van der Waals surface area contributed by atoms with Crippen molar-refractivity contribution in [1.29, 1.82) is 0 Å². The molecule has 1 aromatic heterocycles. The monoisotopic (exact) mass is 395 g/mol. The molecule has 0 saturated heterocycles. The van der Waals surface area contributed by atoms with Gasteiger partial charge in [0.15, 0.2) is 0 Å². The lowest BCUT2D eigenvalue weighted by molar-refractivity contribution is 1.21. The van der Waals surface area contributed by atoms with Crippen molar-refractivity contribution in [3.05, 3.63) is 115 Å². The molecule has 1 heterocycles. The van der Waals surface area contributed by atoms with Crippen molar-refractivity contribution in [2.75, 3.05) is 0 Å². The van der Waals surface area contributed by atoms with E-state index in [1.165, 1.54) is 54.6 Å². The molecule has 0 N–H and O–H groups in total. The van der Waals surface area contributed by atoms with Crippen LogP contribution in [0.4, 0.5) is 0 Å². The molecule has 31 heavy (non-hydrogen) atoms. The van der Waals surface area contributed by atoms with E-state index in [9.17, 15) is 0 Å². The minimum absolute atomic E-state index is 1.05. The Balaban J connectivity index is 1.91. The zero-order valence-electron chi connectivity index (χ0n) is 17.3. The first-order valence-corrected chi connectivity index (χ1v) is 10.7. The van der Waals surface area contributed by atoms with Crippen LogP contribution in [0.3, 0.4) is 0 Å². The zero-order valence-corrected chi connectivity index (χ0v) is 17.3. The number of nitrogens with zero attached hydrogens (tertiary/aromatic N) is 1. The van der Waals surface area contributed by atoms with Gasteiger partial charge in [-0.1, -0.05) is 97.1 Å². The Hall–Kier alpha value is -3.97. The third-order valence-electron chi connectivity index (χ3n) is 6.27. The predicted molar refractivity (Wildman–Crippen MR) is 132 cm³/mol. The number of pyridine rings is 1. The lowest BCUT2D eigenvalue weighted by atomic mass is 9.83. The summed E-state index contributed by atoms with van der Waals surface area (Å²) in [7, 11) is 0. The summed E-state index contributed by atoms with van der Waals surface area (Å²) in [5.41, 5.74) is 6.04. The molecule has 5 aromatic carbocycles. The fourth-order valence-electron chi connectivity index (χ4n) is 4.89. The highest BCUT2D eigenvalue weighted by Crippen LogP contribution is 2.46. The summed E-state index contributed by atoms with van der Waals surface area (Å²) in [6.07, 6.45) is 1.87. The largest absolute Gasteiger partial charge is 0.261 e. The van der Waals surface area contributed by atoms with Crippen LogP contribution < -0.4 is 0 Å². The van der Waals surface area contributed by atoms with E-state index in [-0.39, 0.29) is 0 Å². The Bertz CT molecular complexity index is 1590. The molecule has 0 fully saturated rings. The normalized spacial score (nSPS) is 11.4. The highest BCUT2D eigenvalue weighted by molar-refractivity contribution is 6.23. The molecule has 0 saturated carbocycles. The molecule has 0 aliphatic rings. The number of aryl methyl sites for hydroxylation is 1. The van der Waals surface area contributed by atoms with Gasteiger partial charge in [0.25, 0.3) is 0 Å². The number of fused-ring (bicyclic) bond motifs is 4. The smallest absolute Gasteiger partial charge is 0.0451 e. The van der Waals surface area contributed by atoms with Gasteiger partial charge in [0.2, 0.25) is 0 Å². The van der Waals surface area contributed by atoms with Crippen molar-refractivity contribution in [3.8, 4) is 22.3 Å². The van der Waals surface area contributed by atoms with Crippen molar-refractivity contribution in [2.45, 2.75) is 6.92 Å². The maximum Gasteiger partial charge on any atom is 0.0451 e. The van der Waals surface area contributed by atoms with Gasteiger partial charge in [0.1, 0.15) is 0 Å². The Labute approximate surface area is 181 Å². The van der Waals surface area contributed by atoms with Crippen LogP contribution >= 0.6 is 0 Å². The van der Waals surface area contributed by atoms with Crippen LogP contribution in [0.5, 0.6) is 0 Å². The summed E-state index contributed by atoms with van der Waals surface area (Å²) in [6.45, 7) is 2.10. The molecule has 0 bridgehead atoms.